The number of piperazine rings is 1. The molecule has 2 aromatic heterocycles. The first-order valence-electron chi connectivity index (χ1n) is 9.34. The summed E-state index contributed by atoms with van der Waals surface area (Å²) in [5.74, 6) is 1.01. The van der Waals surface area contributed by atoms with Crippen LogP contribution in [0.4, 0.5) is 5.95 Å². The Morgan fingerprint density at radius 2 is 1.92 bits per heavy atom. The summed E-state index contributed by atoms with van der Waals surface area (Å²) in [6, 6.07) is 6.46. The highest BCUT2D eigenvalue weighted by molar-refractivity contribution is 7.10. The van der Waals surface area contributed by atoms with Crippen molar-refractivity contribution in [2.45, 2.75) is 31.8 Å². The number of amides is 1. The van der Waals surface area contributed by atoms with Crippen LogP contribution in [0.5, 0.6) is 0 Å². The average molecular weight is 372 g/mol. The minimum absolute atomic E-state index is 0.0656. The van der Waals surface area contributed by atoms with Crippen LogP contribution in [0.25, 0.3) is 0 Å². The molecule has 6 nitrogen and oxygen atoms in total. The van der Waals surface area contributed by atoms with Crippen LogP contribution in [0.15, 0.2) is 36.0 Å². The van der Waals surface area contributed by atoms with Crippen LogP contribution in [0.2, 0.25) is 0 Å². The molecule has 7 heteroatoms. The summed E-state index contributed by atoms with van der Waals surface area (Å²) in [6.07, 6.45) is 5.84. The van der Waals surface area contributed by atoms with E-state index in [0.29, 0.717) is 6.04 Å². The van der Waals surface area contributed by atoms with Gasteiger partial charge in [0.1, 0.15) is 0 Å². The van der Waals surface area contributed by atoms with E-state index in [0.717, 1.165) is 45.1 Å². The van der Waals surface area contributed by atoms with Gasteiger partial charge in [-0.25, -0.2) is 9.97 Å². The van der Waals surface area contributed by atoms with Crippen molar-refractivity contribution < 1.29 is 4.79 Å². The van der Waals surface area contributed by atoms with E-state index in [1.807, 2.05) is 11.0 Å². The number of hydrogen-bond acceptors (Lipinski definition) is 6. The van der Waals surface area contributed by atoms with Crippen LogP contribution in [0, 0.1) is 0 Å². The second-order valence-electron chi connectivity index (χ2n) is 6.95. The number of aromatic nitrogens is 2. The average Bonchev–Trinajstić information content (AvgIpc) is 3.39. The lowest BCUT2D eigenvalue weighted by Crippen LogP contribution is -2.54. The molecule has 0 radical (unpaired) electrons. The number of anilines is 1. The normalized spacial score (nSPS) is 22.6. The zero-order chi connectivity index (χ0) is 17.9. The van der Waals surface area contributed by atoms with E-state index >= 15 is 0 Å². The topological polar surface area (TPSA) is 52.6 Å². The van der Waals surface area contributed by atoms with E-state index in [-0.39, 0.29) is 11.9 Å². The molecule has 2 atom stereocenters. The van der Waals surface area contributed by atoms with Gasteiger partial charge in [0.15, 0.2) is 0 Å². The molecular weight excluding hydrogens is 346 g/mol. The van der Waals surface area contributed by atoms with Gasteiger partial charge in [0, 0.05) is 49.5 Å². The van der Waals surface area contributed by atoms with E-state index in [1.165, 1.54) is 11.3 Å². The molecule has 2 aromatic rings. The molecule has 0 spiro atoms. The van der Waals surface area contributed by atoms with Gasteiger partial charge < -0.3 is 9.80 Å². The molecule has 138 valence electrons. The quantitative estimate of drug-likeness (QED) is 0.826. The first kappa shape index (κ1) is 17.4. The molecule has 1 amide bonds. The molecular formula is C19H25N5OS. The highest BCUT2D eigenvalue weighted by Crippen LogP contribution is 2.36. The van der Waals surface area contributed by atoms with Crippen molar-refractivity contribution in [1.29, 1.82) is 0 Å². The molecule has 0 N–H and O–H groups in total. The summed E-state index contributed by atoms with van der Waals surface area (Å²) in [4.78, 5) is 29.6. The third-order valence-corrected chi connectivity index (χ3v) is 6.42. The monoisotopic (exact) mass is 371 g/mol. The molecule has 2 aliphatic heterocycles. The summed E-state index contributed by atoms with van der Waals surface area (Å²) in [5.41, 5.74) is 0. The maximum Gasteiger partial charge on any atom is 0.239 e. The second-order valence-corrected chi connectivity index (χ2v) is 7.93. The minimum Gasteiger partial charge on any atom is -0.338 e. The summed E-state index contributed by atoms with van der Waals surface area (Å²) in [5, 5.41) is 2.13. The number of rotatable bonds is 4. The van der Waals surface area contributed by atoms with Gasteiger partial charge in [-0.1, -0.05) is 6.07 Å². The van der Waals surface area contributed by atoms with Crippen molar-refractivity contribution in [1.82, 2.24) is 19.8 Å². The van der Waals surface area contributed by atoms with E-state index in [1.54, 1.807) is 23.7 Å². The Balaban J connectivity index is 1.37. The maximum absolute atomic E-state index is 13.1. The van der Waals surface area contributed by atoms with Gasteiger partial charge in [0.2, 0.25) is 11.9 Å². The van der Waals surface area contributed by atoms with E-state index in [2.05, 4.69) is 44.2 Å². The Bertz CT molecular complexity index is 715. The lowest BCUT2D eigenvalue weighted by atomic mass is 10.1. The smallest absolute Gasteiger partial charge is 0.239 e. The number of likely N-dealkylation sites (tertiary alicyclic amines) is 1. The van der Waals surface area contributed by atoms with E-state index < -0.39 is 0 Å². The molecule has 2 aliphatic rings. The number of hydrogen-bond donors (Lipinski definition) is 0. The van der Waals surface area contributed by atoms with Gasteiger partial charge in [-0.15, -0.1) is 11.3 Å². The fraction of sp³-hybridized carbons (Fsp3) is 0.526. The molecule has 4 rings (SSSR count). The number of carbonyl (C=O) groups is 1. The Kier molecular flexibility index (Phi) is 5.17. The zero-order valence-corrected chi connectivity index (χ0v) is 15.9. The van der Waals surface area contributed by atoms with Crippen LogP contribution >= 0.6 is 11.3 Å². The zero-order valence-electron chi connectivity index (χ0n) is 15.1. The first-order chi connectivity index (χ1) is 12.7. The number of carbonyl (C=O) groups excluding carboxylic acids is 1. The van der Waals surface area contributed by atoms with E-state index in [9.17, 15) is 4.79 Å². The van der Waals surface area contributed by atoms with Crippen LogP contribution in [0.1, 0.15) is 30.7 Å². The predicted octanol–water partition coefficient (Wildman–Crippen LogP) is 2.41. The fourth-order valence-electron chi connectivity index (χ4n) is 4.03. The molecule has 26 heavy (non-hydrogen) atoms. The lowest BCUT2D eigenvalue weighted by molar-refractivity contribution is -0.137. The summed E-state index contributed by atoms with van der Waals surface area (Å²) >= 11 is 1.80. The van der Waals surface area contributed by atoms with Crippen molar-refractivity contribution in [2.24, 2.45) is 0 Å². The molecule has 0 bridgehead atoms. The Labute approximate surface area is 158 Å². The third kappa shape index (κ3) is 3.46. The summed E-state index contributed by atoms with van der Waals surface area (Å²) < 4.78 is 0. The summed E-state index contributed by atoms with van der Waals surface area (Å²) in [6.45, 7) is 6.12. The molecule has 2 unspecified atom stereocenters. The van der Waals surface area contributed by atoms with Gasteiger partial charge in [0.05, 0.1) is 6.04 Å². The predicted molar refractivity (Wildman–Crippen MR) is 103 cm³/mol. The Morgan fingerprint density at radius 3 is 2.62 bits per heavy atom. The van der Waals surface area contributed by atoms with Gasteiger partial charge in [-0.05, 0) is 43.8 Å². The number of nitrogens with zero attached hydrogens (tertiary/aromatic N) is 5. The molecule has 0 saturated carbocycles. The molecule has 0 aromatic carbocycles. The van der Waals surface area contributed by atoms with Crippen molar-refractivity contribution in [3.8, 4) is 0 Å². The SMILES string of the molecule is CC(C(=O)N1CCN(c2ncccn2)CC1)N1CCCC1c1cccs1. The molecule has 2 saturated heterocycles. The van der Waals surface area contributed by atoms with Gasteiger partial charge in [0.25, 0.3) is 0 Å². The molecule has 0 aliphatic carbocycles. The van der Waals surface area contributed by atoms with Gasteiger partial charge in [-0.3, -0.25) is 9.69 Å². The van der Waals surface area contributed by atoms with Crippen LogP contribution in [0.3, 0.4) is 0 Å². The Hall–Kier alpha value is -1.99. The molecule has 4 heterocycles. The van der Waals surface area contributed by atoms with E-state index in [4.69, 9.17) is 0 Å². The third-order valence-electron chi connectivity index (χ3n) is 5.45. The standard InChI is InChI=1S/C19H25N5OS/c1-15(24-9-2-5-16(24)17-6-3-14-26-17)18(25)22-10-12-23(13-11-22)19-20-7-4-8-21-19/h3-4,6-8,14-16H,2,5,9-13H2,1H3. The van der Waals surface area contributed by atoms with Crippen molar-refractivity contribution >= 4 is 23.2 Å². The van der Waals surface area contributed by atoms with Gasteiger partial charge >= 0.3 is 0 Å². The largest absolute Gasteiger partial charge is 0.338 e. The van der Waals surface area contributed by atoms with Crippen LogP contribution in [-0.2, 0) is 4.79 Å². The summed E-state index contributed by atoms with van der Waals surface area (Å²) in [7, 11) is 0. The van der Waals surface area contributed by atoms with Crippen molar-refractivity contribution in [3.05, 3.63) is 40.8 Å². The van der Waals surface area contributed by atoms with Gasteiger partial charge in [-0.2, -0.15) is 0 Å². The lowest BCUT2D eigenvalue weighted by Gasteiger charge is -2.38. The highest BCUT2D eigenvalue weighted by Gasteiger charge is 2.36. The Morgan fingerprint density at radius 1 is 1.15 bits per heavy atom. The number of thiophene rings is 1. The van der Waals surface area contributed by atoms with Crippen molar-refractivity contribution in [3.63, 3.8) is 0 Å². The fourth-order valence-corrected chi connectivity index (χ4v) is 4.91. The first-order valence-corrected chi connectivity index (χ1v) is 10.2. The minimum atomic E-state index is -0.0656. The second kappa shape index (κ2) is 7.72. The molecule has 2 fully saturated rings. The highest BCUT2D eigenvalue weighted by atomic mass is 32.1. The van der Waals surface area contributed by atoms with Crippen LogP contribution in [-0.4, -0.2) is 64.4 Å². The van der Waals surface area contributed by atoms with Crippen LogP contribution < -0.4 is 4.90 Å². The van der Waals surface area contributed by atoms with Crippen molar-refractivity contribution in [2.75, 3.05) is 37.6 Å². The maximum atomic E-state index is 13.1.